The van der Waals surface area contributed by atoms with Crippen LogP contribution in [0.4, 0.5) is 0 Å². The van der Waals surface area contributed by atoms with Gasteiger partial charge >= 0.3 is 5.23 Å². The summed E-state index contributed by atoms with van der Waals surface area (Å²) in [6, 6.07) is 0. The van der Waals surface area contributed by atoms with Crippen molar-refractivity contribution in [1.82, 2.24) is 0 Å². The number of hydrogen-bond donors (Lipinski definition) is 0. The summed E-state index contributed by atoms with van der Waals surface area (Å²) in [6.07, 6.45) is 0. The molecule has 5 nitrogen and oxygen atoms in total. The van der Waals surface area contributed by atoms with E-state index in [2.05, 4.69) is 5.10 Å². The van der Waals surface area contributed by atoms with Gasteiger partial charge in [-0.25, -0.2) is 0 Å². The van der Waals surface area contributed by atoms with Crippen LogP contribution < -0.4 is 0 Å². The zero-order valence-electron chi connectivity index (χ0n) is 9.15. The Bertz CT molecular complexity index is 218. The van der Waals surface area contributed by atoms with E-state index in [0.29, 0.717) is 4.59 Å². The van der Waals surface area contributed by atoms with Crippen LogP contribution in [0.25, 0.3) is 0 Å². The monoisotopic (exact) mass is 222 g/mol. The zero-order valence-corrected chi connectivity index (χ0v) is 9.97. The van der Waals surface area contributed by atoms with Gasteiger partial charge in [0.2, 0.25) is 0 Å². The lowest BCUT2D eigenvalue weighted by Gasteiger charge is -2.28. The van der Waals surface area contributed by atoms with Crippen LogP contribution in [-0.4, -0.2) is 45.3 Å². The van der Waals surface area contributed by atoms with Crippen molar-refractivity contribution in [2.24, 2.45) is 5.10 Å². The van der Waals surface area contributed by atoms with Crippen molar-refractivity contribution < 1.29 is 18.1 Å². The van der Waals surface area contributed by atoms with Crippen molar-refractivity contribution in [3.8, 4) is 0 Å². The Kier molecular flexibility index (Phi) is 5.90. The van der Waals surface area contributed by atoms with E-state index in [1.807, 2.05) is 20.8 Å². The first kappa shape index (κ1) is 13.5. The van der Waals surface area contributed by atoms with E-state index in [1.54, 1.807) is 0 Å². The Balaban J connectivity index is 4.93. The lowest BCUT2D eigenvalue weighted by atomic mass is 10.4. The second-order valence-electron chi connectivity index (χ2n) is 2.85. The smallest absolute Gasteiger partial charge is 0.319 e. The molecule has 0 amide bonds. The van der Waals surface area contributed by atoms with Crippen molar-refractivity contribution in [1.29, 1.82) is 0 Å². The number of quaternary nitrogens is 1. The molecule has 0 fully saturated rings. The summed E-state index contributed by atoms with van der Waals surface area (Å²) in [5.74, 6) is 0. The molecule has 1 atom stereocenters. The van der Waals surface area contributed by atoms with Gasteiger partial charge in [0.15, 0.2) is 0 Å². The van der Waals surface area contributed by atoms with Gasteiger partial charge in [0.1, 0.15) is 19.6 Å². The van der Waals surface area contributed by atoms with Crippen molar-refractivity contribution >= 4 is 16.3 Å². The third kappa shape index (κ3) is 3.36. The van der Waals surface area contributed by atoms with Crippen LogP contribution in [0.15, 0.2) is 5.10 Å². The molecule has 0 saturated heterocycles. The summed E-state index contributed by atoms with van der Waals surface area (Å²) in [6.45, 7) is 8.15. The third-order valence-corrected chi connectivity index (χ3v) is 2.91. The molecule has 1 unspecified atom stereocenters. The summed E-state index contributed by atoms with van der Waals surface area (Å²) in [5.41, 5.74) is 0. The summed E-state index contributed by atoms with van der Waals surface area (Å²) >= 11 is -2.39. The quantitative estimate of drug-likeness (QED) is 0.231. The fourth-order valence-electron chi connectivity index (χ4n) is 1.20. The maximum atomic E-state index is 10.7. The number of rotatable bonds is 4. The molecule has 0 N–H and O–H groups in total. The highest BCUT2D eigenvalue weighted by molar-refractivity contribution is 7.95. The maximum absolute atomic E-state index is 10.7. The molecule has 0 aromatic heterocycles. The molecule has 0 aliphatic carbocycles. The van der Waals surface area contributed by atoms with Gasteiger partial charge < -0.3 is 9.29 Å². The number of ether oxygens (including phenoxy) is 1. The summed E-state index contributed by atoms with van der Waals surface area (Å²) in [7, 11) is 1.31. The van der Waals surface area contributed by atoms with Gasteiger partial charge in [0.05, 0.1) is 7.11 Å². The lowest BCUT2D eigenvalue weighted by Crippen LogP contribution is -2.43. The van der Waals surface area contributed by atoms with Gasteiger partial charge in [-0.3, -0.25) is 4.21 Å². The first-order valence-electron chi connectivity index (χ1n) is 4.64. The van der Waals surface area contributed by atoms with Crippen molar-refractivity contribution in [3.63, 3.8) is 0 Å². The molecule has 0 aliphatic heterocycles. The SMILES string of the molecule is CC[N+](CC)(CC)N=C(OC)S(=O)[O-]. The lowest BCUT2D eigenvalue weighted by molar-refractivity contribution is -0.930. The maximum Gasteiger partial charge on any atom is 0.319 e. The van der Waals surface area contributed by atoms with Gasteiger partial charge in [0, 0.05) is 11.1 Å². The number of methoxy groups -OCH3 is 1. The topological polar surface area (TPSA) is 61.7 Å². The van der Waals surface area contributed by atoms with Gasteiger partial charge in [-0.2, -0.15) is 4.59 Å². The van der Waals surface area contributed by atoms with Crippen LogP contribution in [0.2, 0.25) is 0 Å². The molecule has 0 radical (unpaired) electrons. The van der Waals surface area contributed by atoms with Crippen LogP contribution in [0.3, 0.4) is 0 Å². The predicted octanol–water partition coefficient (Wildman–Crippen LogP) is 0.659. The Morgan fingerprint density at radius 2 is 1.79 bits per heavy atom. The summed E-state index contributed by atoms with van der Waals surface area (Å²) in [4.78, 5) is 0. The van der Waals surface area contributed by atoms with Crippen LogP contribution in [-0.2, 0) is 15.8 Å². The van der Waals surface area contributed by atoms with E-state index < -0.39 is 11.1 Å². The molecule has 0 spiro atoms. The molecule has 84 valence electrons. The van der Waals surface area contributed by atoms with Crippen LogP contribution in [0.1, 0.15) is 20.8 Å². The second kappa shape index (κ2) is 6.10. The van der Waals surface area contributed by atoms with Gasteiger partial charge in [-0.05, 0) is 25.9 Å². The van der Waals surface area contributed by atoms with E-state index in [-0.39, 0.29) is 5.23 Å². The first-order chi connectivity index (χ1) is 6.55. The first-order valence-corrected chi connectivity index (χ1v) is 5.72. The minimum atomic E-state index is -2.39. The predicted molar refractivity (Wildman–Crippen MR) is 55.2 cm³/mol. The molecular formula is C8H18N2O3S. The average Bonchev–Trinajstić information content (AvgIpc) is 2.20. The van der Waals surface area contributed by atoms with Crippen LogP contribution in [0.5, 0.6) is 0 Å². The largest absolute Gasteiger partial charge is 0.765 e. The molecule has 0 saturated carbocycles. The van der Waals surface area contributed by atoms with Crippen molar-refractivity contribution in [2.75, 3.05) is 26.7 Å². The molecule has 14 heavy (non-hydrogen) atoms. The minimum Gasteiger partial charge on any atom is -0.765 e. The summed E-state index contributed by atoms with van der Waals surface area (Å²) < 4.78 is 26.4. The Labute approximate surface area is 87.6 Å². The van der Waals surface area contributed by atoms with Gasteiger partial charge in [0.25, 0.3) is 0 Å². The molecular weight excluding hydrogens is 204 g/mol. The van der Waals surface area contributed by atoms with E-state index in [0.717, 1.165) is 19.6 Å². The van der Waals surface area contributed by atoms with E-state index in [9.17, 15) is 8.76 Å². The highest BCUT2D eigenvalue weighted by Crippen LogP contribution is 2.08. The Morgan fingerprint density at radius 3 is 2.00 bits per heavy atom. The van der Waals surface area contributed by atoms with E-state index >= 15 is 0 Å². The third-order valence-electron chi connectivity index (χ3n) is 2.38. The molecule has 0 bridgehead atoms. The highest BCUT2D eigenvalue weighted by Gasteiger charge is 2.22. The standard InChI is InChI=1S/C8H18N2O3S/c1-5-10(6-2,7-3)9-8(13-4)14(11)12/h5-7H2,1-4H3. The summed E-state index contributed by atoms with van der Waals surface area (Å²) in [5, 5.41) is 3.87. The Morgan fingerprint density at radius 1 is 1.36 bits per heavy atom. The fourth-order valence-corrected chi connectivity index (χ4v) is 1.57. The minimum absolute atomic E-state index is 0.226. The van der Waals surface area contributed by atoms with Crippen molar-refractivity contribution in [3.05, 3.63) is 0 Å². The molecule has 0 rings (SSSR count). The van der Waals surface area contributed by atoms with Gasteiger partial charge in [-0.15, -0.1) is 0 Å². The van der Waals surface area contributed by atoms with E-state index in [4.69, 9.17) is 4.74 Å². The van der Waals surface area contributed by atoms with Crippen LogP contribution in [0, 0.1) is 0 Å². The van der Waals surface area contributed by atoms with Crippen molar-refractivity contribution in [2.45, 2.75) is 20.8 Å². The fraction of sp³-hybridized carbons (Fsp3) is 0.875. The Hall–Kier alpha value is -0.460. The molecule has 0 aliphatic rings. The molecule has 0 aromatic rings. The average molecular weight is 222 g/mol. The number of hydrogen-bond acceptors (Lipinski definition) is 4. The second-order valence-corrected chi connectivity index (χ2v) is 3.67. The highest BCUT2D eigenvalue weighted by atomic mass is 32.2. The molecule has 0 heterocycles. The normalized spacial score (nSPS) is 15.4. The molecule has 0 aromatic carbocycles. The van der Waals surface area contributed by atoms with Gasteiger partial charge in [-0.1, -0.05) is 0 Å². The van der Waals surface area contributed by atoms with E-state index in [1.165, 1.54) is 7.11 Å². The molecule has 6 heteroatoms. The number of nitrogens with zero attached hydrogens (tertiary/aromatic N) is 2. The zero-order chi connectivity index (χ0) is 11.2. The van der Waals surface area contributed by atoms with Crippen LogP contribution >= 0.6 is 0 Å².